The van der Waals surface area contributed by atoms with E-state index in [1.807, 2.05) is 31.2 Å². The highest BCUT2D eigenvalue weighted by Crippen LogP contribution is 2.30. The van der Waals surface area contributed by atoms with Crippen molar-refractivity contribution in [2.45, 2.75) is 19.9 Å². The summed E-state index contributed by atoms with van der Waals surface area (Å²) in [5.74, 6) is 1.97. The molecule has 2 aromatic carbocycles. The molecule has 0 radical (unpaired) electrons. The van der Waals surface area contributed by atoms with Crippen molar-refractivity contribution in [2.75, 3.05) is 18.1 Å². The topological polar surface area (TPSA) is 51.4 Å². The number of rotatable bonds is 5. The van der Waals surface area contributed by atoms with Crippen LogP contribution in [0.3, 0.4) is 0 Å². The second kappa shape index (κ2) is 6.35. The summed E-state index contributed by atoms with van der Waals surface area (Å²) in [6.45, 7) is 4.17. The van der Waals surface area contributed by atoms with E-state index < -0.39 is 0 Å². The normalized spacial score (nSPS) is 13.1. The number of para-hydroxylation sites is 2. The van der Waals surface area contributed by atoms with Crippen LogP contribution in [0.5, 0.6) is 5.75 Å². The fourth-order valence-electron chi connectivity index (χ4n) is 3.10. The molecule has 1 aliphatic rings. The Kier molecular flexibility index (Phi) is 3.91. The van der Waals surface area contributed by atoms with E-state index >= 15 is 0 Å². The van der Waals surface area contributed by atoms with Crippen molar-refractivity contribution < 1.29 is 9.26 Å². The Balaban J connectivity index is 1.56. The molecule has 5 nitrogen and oxygen atoms in total. The molecule has 0 saturated carbocycles. The van der Waals surface area contributed by atoms with Crippen molar-refractivity contribution >= 4 is 5.69 Å². The quantitative estimate of drug-likeness (QED) is 0.717. The molecule has 1 aliphatic heterocycles. The van der Waals surface area contributed by atoms with Crippen LogP contribution in [0, 0.1) is 0 Å². The molecule has 3 aromatic rings. The van der Waals surface area contributed by atoms with Gasteiger partial charge in [0.15, 0.2) is 0 Å². The van der Waals surface area contributed by atoms with Crippen LogP contribution in [-0.4, -0.2) is 23.3 Å². The van der Waals surface area contributed by atoms with E-state index in [0.29, 0.717) is 24.9 Å². The van der Waals surface area contributed by atoms with Crippen LogP contribution < -0.4 is 9.64 Å². The molecule has 0 saturated heterocycles. The number of aromatic nitrogens is 2. The van der Waals surface area contributed by atoms with Crippen molar-refractivity contribution in [1.82, 2.24) is 10.1 Å². The molecule has 5 heteroatoms. The van der Waals surface area contributed by atoms with Crippen LogP contribution in [0.1, 0.15) is 18.4 Å². The maximum atomic E-state index is 5.65. The number of ether oxygens (including phenoxy) is 1. The van der Waals surface area contributed by atoms with Gasteiger partial charge in [0, 0.05) is 12.2 Å². The number of nitrogens with zero attached hydrogens (tertiary/aromatic N) is 3. The van der Waals surface area contributed by atoms with Crippen LogP contribution in [0.15, 0.2) is 53.1 Å². The van der Waals surface area contributed by atoms with Gasteiger partial charge in [-0.25, -0.2) is 0 Å². The minimum absolute atomic E-state index is 0.571. The summed E-state index contributed by atoms with van der Waals surface area (Å²) in [5, 5.41) is 4.13. The first kappa shape index (κ1) is 14.8. The molecule has 1 aromatic heterocycles. The highest BCUT2D eigenvalue weighted by Gasteiger charge is 2.21. The zero-order valence-corrected chi connectivity index (χ0v) is 13.6. The second-order valence-electron chi connectivity index (χ2n) is 5.74. The lowest BCUT2D eigenvalue weighted by Crippen LogP contribution is -2.19. The third kappa shape index (κ3) is 2.73. The highest BCUT2D eigenvalue weighted by atomic mass is 16.5. The van der Waals surface area contributed by atoms with Crippen molar-refractivity contribution in [3.8, 4) is 17.1 Å². The number of anilines is 1. The van der Waals surface area contributed by atoms with E-state index in [1.165, 1.54) is 11.3 Å². The Bertz CT molecular complexity index is 844. The molecule has 2 heterocycles. The van der Waals surface area contributed by atoms with Gasteiger partial charge in [-0.1, -0.05) is 35.5 Å². The van der Waals surface area contributed by atoms with Gasteiger partial charge in [0.25, 0.3) is 0 Å². The summed E-state index contributed by atoms with van der Waals surface area (Å²) in [7, 11) is 0. The summed E-state index contributed by atoms with van der Waals surface area (Å²) in [5.41, 5.74) is 3.49. The van der Waals surface area contributed by atoms with Crippen molar-refractivity contribution in [1.29, 1.82) is 0 Å². The molecular weight excluding hydrogens is 302 g/mol. The lowest BCUT2D eigenvalue weighted by Gasteiger charge is -2.16. The second-order valence-corrected chi connectivity index (χ2v) is 5.74. The molecule has 0 amide bonds. The molecule has 0 aliphatic carbocycles. The Morgan fingerprint density at radius 3 is 2.88 bits per heavy atom. The van der Waals surface area contributed by atoms with Gasteiger partial charge in [-0.05, 0) is 37.1 Å². The first-order valence-corrected chi connectivity index (χ1v) is 8.23. The average molecular weight is 321 g/mol. The molecule has 0 bridgehead atoms. The van der Waals surface area contributed by atoms with E-state index in [1.54, 1.807) is 0 Å². The van der Waals surface area contributed by atoms with Gasteiger partial charge in [-0.2, -0.15) is 4.98 Å². The third-order valence-corrected chi connectivity index (χ3v) is 4.21. The largest absolute Gasteiger partial charge is 0.493 e. The Morgan fingerprint density at radius 1 is 1.12 bits per heavy atom. The minimum Gasteiger partial charge on any atom is -0.493 e. The lowest BCUT2D eigenvalue weighted by molar-refractivity contribution is 0.341. The zero-order valence-electron chi connectivity index (χ0n) is 13.6. The molecule has 0 N–H and O–H groups in total. The molecular formula is C19H19N3O2. The summed E-state index contributed by atoms with van der Waals surface area (Å²) in [4.78, 5) is 6.84. The fraction of sp³-hybridized carbons (Fsp3) is 0.263. The van der Waals surface area contributed by atoms with Crippen LogP contribution in [0.4, 0.5) is 5.69 Å². The van der Waals surface area contributed by atoms with Crippen molar-refractivity contribution in [3.05, 3.63) is 60.0 Å². The van der Waals surface area contributed by atoms with Gasteiger partial charge in [0.2, 0.25) is 11.7 Å². The van der Waals surface area contributed by atoms with Gasteiger partial charge in [-0.3, -0.25) is 0 Å². The maximum absolute atomic E-state index is 5.65. The first-order chi connectivity index (χ1) is 11.8. The molecule has 0 unspecified atom stereocenters. The van der Waals surface area contributed by atoms with E-state index in [9.17, 15) is 0 Å². The Morgan fingerprint density at radius 2 is 1.96 bits per heavy atom. The average Bonchev–Trinajstić information content (AvgIpc) is 3.24. The van der Waals surface area contributed by atoms with Gasteiger partial charge in [-0.15, -0.1) is 0 Å². The maximum Gasteiger partial charge on any atom is 0.246 e. The lowest BCUT2D eigenvalue weighted by atomic mass is 10.2. The van der Waals surface area contributed by atoms with E-state index in [4.69, 9.17) is 9.26 Å². The smallest absolute Gasteiger partial charge is 0.246 e. The van der Waals surface area contributed by atoms with E-state index in [0.717, 1.165) is 24.3 Å². The summed E-state index contributed by atoms with van der Waals surface area (Å²) in [6.07, 6.45) is 1.06. The van der Waals surface area contributed by atoms with Crippen molar-refractivity contribution in [3.63, 3.8) is 0 Å². The monoisotopic (exact) mass is 321 g/mol. The molecule has 24 heavy (non-hydrogen) atoms. The molecule has 0 fully saturated rings. The van der Waals surface area contributed by atoms with Crippen LogP contribution in [0.2, 0.25) is 0 Å². The van der Waals surface area contributed by atoms with Crippen LogP contribution >= 0.6 is 0 Å². The molecule has 122 valence electrons. The van der Waals surface area contributed by atoms with Gasteiger partial charge in [0.05, 0.1) is 18.7 Å². The minimum atomic E-state index is 0.571. The van der Waals surface area contributed by atoms with Gasteiger partial charge >= 0.3 is 0 Å². The molecule has 4 rings (SSSR count). The summed E-state index contributed by atoms with van der Waals surface area (Å²) in [6, 6.07) is 16.2. The van der Waals surface area contributed by atoms with Gasteiger partial charge < -0.3 is 14.2 Å². The van der Waals surface area contributed by atoms with Gasteiger partial charge in [0.1, 0.15) is 5.75 Å². The Hall–Kier alpha value is -2.82. The van der Waals surface area contributed by atoms with Crippen LogP contribution in [-0.2, 0) is 13.0 Å². The van der Waals surface area contributed by atoms with Crippen molar-refractivity contribution in [2.24, 2.45) is 0 Å². The molecule has 0 spiro atoms. The first-order valence-electron chi connectivity index (χ1n) is 8.23. The predicted molar refractivity (Wildman–Crippen MR) is 92.1 cm³/mol. The fourth-order valence-corrected chi connectivity index (χ4v) is 3.10. The van der Waals surface area contributed by atoms with E-state index in [2.05, 4.69) is 39.3 Å². The van der Waals surface area contributed by atoms with Crippen LogP contribution in [0.25, 0.3) is 11.4 Å². The SMILES string of the molecule is CCOc1ccccc1-c1noc(CN2CCc3ccccc32)n1. The summed E-state index contributed by atoms with van der Waals surface area (Å²) < 4.78 is 11.1. The Labute approximate surface area is 140 Å². The predicted octanol–water partition coefficient (Wildman–Crippen LogP) is 3.70. The zero-order chi connectivity index (χ0) is 16.4. The number of hydrogen-bond donors (Lipinski definition) is 0. The standard InChI is InChI=1S/C19H19N3O2/c1-2-23-17-10-6-4-8-15(17)19-20-18(24-21-19)13-22-12-11-14-7-3-5-9-16(14)22/h3-10H,2,11-13H2,1H3. The highest BCUT2D eigenvalue weighted by molar-refractivity contribution is 5.63. The summed E-state index contributed by atoms with van der Waals surface area (Å²) >= 11 is 0. The number of benzene rings is 2. The number of fused-ring (bicyclic) bond motifs is 1. The molecule has 0 atom stereocenters. The number of hydrogen-bond acceptors (Lipinski definition) is 5. The third-order valence-electron chi connectivity index (χ3n) is 4.21. The van der Waals surface area contributed by atoms with E-state index in [-0.39, 0.29) is 0 Å².